The average molecular weight is 230 g/mol. The molecule has 1 aromatic carbocycles. The van der Waals surface area contributed by atoms with Crippen molar-refractivity contribution in [2.24, 2.45) is 11.8 Å². The van der Waals surface area contributed by atoms with Gasteiger partial charge in [-0.3, -0.25) is 0 Å². The fraction of sp³-hybridized carbons (Fsp3) is 0.600. The second-order valence-electron chi connectivity index (χ2n) is 5.83. The minimum Gasteiger partial charge on any atom is -0.398 e. The third-order valence-electron chi connectivity index (χ3n) is 3.98. The molecule has 0 aliphatic heterocycles. The van der Waals surface area contributed by atoms with Crippen LogP contribution in [0.4, 0.5) is 11.4 Å². The molecule has 3 rings (SSSR count). The van der Waals surface area contributed by atoms with Crippen LogP contribution in [0.25, 0.3) is 0 Å². The second kappa shape index (κ2) is 4.25. The van der Waals surface area contributed by atoms with Crippen LogP contribution in [-0.4, -0.2) is 13.1 Å². The Bertz CT molecular complexity index is 391. The molecule has 2 saturated carbocycles. The number of nitrogens with two attached hydrogens (primary N) is 1. The maximum absolute atomic E-state index is 6.02. The molecule has 0 radical (unpaired) electrons. The van der Waals surface area contributed by atoms with E-state index in [0.29, 0.717) is 0 Å². The Hall–Kier alpha value is -1.18. The van der Waals surface area contributed by atoms with Crippen molar-refractivity contribution in [3.63, 3.8) is 0 Å². The van der Waals surface area contributed by atoms with Crippen molar-refractivity contribution in [3.8, 4) is 0 Å². The molecular formula is C15H22N2. The second-order valence-corrected chi connectivity index (χ2v) is 5.83. The molecule has 92 valence electrons. The van der Waals surface area contributed by atoms with Gasteiger partial charge in [0.25, 0.3) is 0 Å². The first-order valence-electron chi connectivity index (χ1n) is 6.83. The molecule has 2 aliphatic carbocycles. The van der Waals surface area contributed by atoms with Crippen molar-refractivity contribution < 1.29 is 0 Å². The third-order valence-corrected chi connectivity index (χ3v) is 3.98. The molecule has 0 unspecified atom stereocenters. The molecule has 0 saturated heterocycles. The first kappa shape index (κ1) is 10.9. The molecule has 2 N–H and O–H groups in total. The standard InChI is InChI=1S/C15H22N2/c1-11-2-7-14(8-15(11)16)17(9-12-3-4-12)10-13-5-6-13/h2,7-8,12-13H,3-6,9-10,16H2,1H3. The number of benzene rings is 1. The maximum Gasteiger partial charge on any atom is 0.0387 e. The molecule has 2 nitrogen and oxygen atoms in total. The van der Waals surface area contributed by atoms with Gasteiger partial charge in [0, 0.05) is 24.5 Å². The zero-order valence-corrected chi connectivity index (χ0v) is 10.7. The van der Waals surface area contributed by atoms with Crippen molar-refractivity contribution in [2.45, 2.75) is 32.6 Å². The lowest BCUT2D eigenvalue weighted by molar-refractivity contribution is 0.679. The van der Waals surface area contributed by atoms with Gasteiger partial charge in [0.2, 0.25) is 0 Å². The van der Waals surface area contributed by atoms with Crippen LogP contribution in [-0.2, 0) is 0 Å². The summed E-state index contributed by atoms with van der Waals surface area (Å²) in [5, 5.41) is 0. The Morgan fingerprint density at radius 1 is 1.12 bits per heavy atom. The van der Waals surface area contributed by atoms with Crippen LogP contribution in [0.3, 0.4) is 0 Å². The van der Waals surface area contributed by atoms with E-state index in [1.54, 1.807) is 0 Å². The van der Waals surface area contributed by atoms with Crippen molar-refractivity contribution in [2.75, 3.05) is 23.7 Å². The normalized spacial score (nSPS) is 19.4. The van der Waals surface area contributed by atoms with Gasteiger partial charge in [0.15, 0.2) is 0 Å². The van der Waals surface area contributed by atoms with Gasteiger partial charge in [-0.25, -0.2) is 0 Å². The van der Waals surface area contributed by atoms with Gasteiger partial charge in [-0.2, -0.15) is 0 Å². The molecule has 2 fully saturated rings. The van der Waals surface area contributed by atoms with Gasteiger partial charge in [-0.1, -0.05) is 6.07 Å². The monoisotopic (exact) mass is 230 g/mol. The lowest BCUT2D eigenvalue weighted by Crippen LogP contribution is -2.28. The van der Waals surface area contributed by atoms with E-state index in [4.69, 9.17) is 5.73 Å². The lowest BCUT2D eigenvalue weighted by atomic mass is 10.1. The van der Waals surface area contributed by atoms with Crippen molar-refractivity contribution in [1.82, 2.24) is 0 Å². The van der Waals surface area contributed by atoms with Gasteiger partial charge < -0.3 is 10.6 Å². The Kier molecular flexibility index (Phi) is 2.73. The van der Waals surface area contributed by atoms with Crippen LogP contribution in [0.15, 0.2) is 18.2 Å². The molecule has 0 spiro atoms. The zero-order valence-electron chi connectivity index (χ0n) is 10.7. The Balaban J connectivity index is 1.76. The Labute approximate surface area is 104 Å². The fourth-order valence-corrected chi connectivity index (χ4v) is 2.33. The molecule has 1 aromatic rings. The number of nitrogen functional groups attached to an aromatic ring is 1. The topological polar surface area (TPSA) is 29.3 Å². The number of anilines is 2. The highest BCUT2D eigenvalue weighted by Crippen LogP contribution is 2.36. The number of hydrogen-bond donors (Lipinski definition) is 1. The zero-order chi connectivity index (χ0) is 11.8. The van der Waals surface area contributed by atoms with Crippen LogP contribution < -0.4 is 10.6 Å². The van der Waals surface area contributed by atoms with Gasteiger partial charge >= 0.3 is 0 Å². The van der Waals surface area contributed by atoms with Gasteiger partial charge in [-0.05, 0) is 62.1 Å². The summed E-state index contributed by atoms with van der Waals surface area (Å²) in [6.07, 6.45) is 5.68. The fourth-order valence-electron chi connectivity index (χ4n) is 2.33. The number of nitrogens with zero attached hydrogens (tertiary/aromatic N) is 1. The summed E-state index contributed by atoms with van der Waals surface area (Å²) in [5.41, 5.74) is 9.47. The summed E-state index contributed by atoms with van der Waals surface area (Å²) in [4.78, 5) is 2.56. The minimum atomic E-state index is 0.930. The predicted molar refractivity (Wildman–Crippen MR) is 73.3 cm³/mol. The number of hydrogen-bond acceptors (Lipinski definition) is 2. The molecule has 0 heterocycles. The maximum atomic E-state index is 6.02. The predicted octanol–water partition coefficient (Wildman–Crippen LogP) is 3.20. The minimum absolute atomic E-state index is 0.930. The van der Waals surface area contributed by atoms with Gasteiger partial charge in [0.1, 0.15) is 0 Å². The van der Waals surface area contributed by atoms with E-state index in [0.717, 1.165) is 17.5 Å². The molecular weight excluding hydrogens is 208 g/mol. The van der Waals surface area contributed by atoms with E-state index in [2.05, 4.69) is 30.0 Å². The summed E-state index contributed by atoms with van der Waals surface area (Å²) < 4.78 is 0. The Morgan fingerprint density at radius 3 is 2.18 bits per heavy atom. The molecule has 0 aromatic heterocycles. The van der Waals surface area contributed by atoms with Crippen LogP contribution >= 0.6 is 0 Å². The molecule has 2 heteroatoms. The Morgan fingerprint density at radius 2 is 1.71 bits per heavy atom. The van der Waals surface area contributed by atoms with Gasteiger partial charge in [-0.15, -0.1) is 0 Å². The lowest BCUT2D eigenvalue weighted by Gasteiger charge is -2.25. The largest absolute Gasteiger partial charge is 0.398 e. The first-order valence-corrected chi connectivity index (χ1v) is 6.83. The first-order chi connectivity index (χ1) is 8.22. The van der Waals surface area contributed by atoms with Crippen LogP contribution in [0.2, 0.25) is 0 Å². The summed E-state index contributed by atoms with van der Waals surface area (Å²) in [6.45, 7) is 4.54. The molecule has 0 amide bonds. The van der Waals surface area contributed by atoms with E-state index in [1.165, 1.54) is 50.0 Å². The summed E-state index contributed by atoms with van der Waals surface area (Å²) >= 11 is 0. The van der Waals surface area contributed by atoms with Gasteiger partial charge in [0.05, 0.1) is 0 Å². The average Bonchev–Trinajstić information content (AvgIpc) is 3.15. The molecule has 0 bridgehead atoms. The summed E-state index contributed by atoms with van der Waals surface area (Å²) in [6, 6.07) is 6.54. The van der Waals surface area contributed by atoms with Crippen molar-refractivity contribution >= 4 is 11.4 Å². The van der Waals surface area contributed by atoms with Crippen LogP contribution in [0.1, 0.15) is 31.2 Å². The number of rotatable bonds is 5. The third kappa shape index (κ3) is 2.74. The van der Waals surface area contributed by atoms with E-state index in [1.807, 2.05) is 0 Å². The van der Waals surface area contributed by atoms with Crippen LogP contribution in [0, 0.1) is 18.8 Å². The van der Waals surface area contributed by atoms with Crippen LogP contribution in [0.5, 0.6) is 0 Å². The molecule has 2 aliphatic rings. The van der Waals surface area contributed by atoms with Crippen molar-refractivity contribution in [1.29, 1.82) is 0 Å². The molecule has 0 atom stereocenters. The molecule has 17 heavy (non-hydrogen) atoms. The van der Waals surface area contributed by atoms with Crippen molar-refractivity contribution in [3.05, 3.63) is 23.8 Å². The highest BCUT2D eigenvalue weighted by atomic mass is 15.1. The highest BCUT2D eigenvalue weighted by Gasteiger charge is 2.29. The summed E-state index contributed by atoms with van der Waals surface area (Å²) in [7, 11) is 0. The van der Waals surface area contributed by atoms with E-state index >= 15 is 0 Å². The van der Waals surface area contributed by atoms with E-state index < -0.39 is 0 Å². The summed E-state index contributed by atoms with van der Waals surface area (Å²) in [5.74, 6) is 1.88. The highest BCUT2D eigenvalue weighted by molar-refractivity contribution is 5.60. The number of aryl methyl sites for hydroxylation is 1. The van der Waals surface area contributed by atoms with E-state index in [-0.39, 0.29) is 0 Å². The smallest absolute Gasteiger partial charge is 0.0387 e. The SMILES string of the molecule is Cc1ccc(N(CC2CC2)CC2CC2)cc1N. The quantitative estimate of drug-likeness (QED) is 0.787. The van der Waals surface area contributed by atoms with E-state index in [9.17, 15) is 0 Å².